The molecule has 1 N–H and O–H groups in total. The lowest BCUT2D eigenvalue weighted by atomic mass is 10.0. The molecule has 0 unspecified atom stereocenters. The average Bonchev–Trinajstić information content (AvgIpc) is 2.65. The Kier molecular flexibility index (Phi) is 9.28. The van der Waals surface area contributed by atoms with E-state index in [-0.39, 0.29) is 18.2 Å². The van der Waals surface area contributed by atoms with Crippen molar-refractivity contribution in [1.29, 1.82) is 0 Å². The first-order valence-corrected chi connectivity index (χ1v) is 8.29. The quantitative estimate of drug-likeness (QED) is 0.531. The number of nitrogens with zero attached hydrogens (tertiary/aromatic N) is 3. The molecule has 1 aromatic rings. The molecular weight excluding hydrogens is 348 g/mol. The molecule has 27 heavy (non-hydrogen) atoms. The number of rotatable bonds is 9. The van der Waals surface area contributed by atoms with E-state index in [1.807, 2.05) is 32.1 Å². The highest BCUT2D eigenvalue weighted by molar-refractivity contribution is 6.46. The second-order valence-corrected chi connectivity index (χ2v) is 5.69. The minimum atomic E-state index is -0.359. The third-order valence-corrected chi connectivity index (χ3v) is 3.30. The van der Waals surface area contributed by atoms with Crippen molar-refractivity contribution >= 4 is 23.0 Å². The van der Waals surface area contributed by atoms with Crippen molar-refractivity contribution in [2.24, 2.45) is 15.5 Å². The summed E-state index contributed by atoms with van der Waals surface area (Å²) in [4.78, 5) is 27.2. The SMILES string of the molecule is CNC(=O)/C(=N/OC)c1ccccc1CON=C(C)/C(C=C(C)C)=N/OC. The number of oxime groups is 3. The van der Waals surface area contributed by atoms with Gasteiger partial charge in [-0.1, -0.05) is 45.3 Å². The van der Waals surface area contributed by atoms with Crippen molar-refractivity contribution in [2.75, 3.05) is 21.3 Å². The van der Waals surface area contributed by atoms with Gasteiger partial charge in [0.15, 0.2) is 5.71 Å². The Morgan fingerprint density at radius 1 is 1.07 bits per heavy atom. The zero-order chi connectivity index (χ0) is 20.2. The molecule has 0 saturated carbocycles. The largest absolute Gasteiger partial charge is 0.399 e. The average molecular weight is 374 g/mol. The van der Waals surface area contributed by atoms with Crippen LogP contribution in [-0.2, 0) is 25.9 Å². The maximum Gasteiger partial charge on any atom is 0.273 e. The van der Waals surface area contributed by atoms with E-state index in [0.717, 1.165) is 11.1 Å². The standard InChI is InChI=1S/C19H26N4O4/c1-13(2)11-17(22-25-5)14(3)21-27-12-15-9-7-8-10-16(15)18(23-26-6)19(24)20-4/h7-11H,12H2,1-6H3,(H,20,24)/b21-14?,22-17+,23-18+. The summed E-state index contributed by atoms with van der Waals surface area (Å²) in [6, 6.07) is 7.24. The summed E-state index contributed by atoms with van der Waals surface area (Å²) < 4.78 is 0. The molecular formula is C19H26N4O4. The number of benzene rings is 1. The van der Waals surface area contributed by atoms with E-state index in [1.165, 1.54) is 21.3 Å². The maximum absolute atomic E-state index is 12.1. The number of carbonyl (C=O) groups excluding carboxylic acids is 1. The predicted octanol–water partition coefficient (Wildman–Crippen LogP) is 2.64. The van der Waals surface area contributed by atoms with Gasteiger partial charge in [-0.2, -0.15) is 0 Å². The van der Waals surface area contributed by atoms with Gasteiger partial charge in [-0.15, -0.1) is 0 Å². The summed E-state index contributed by atoms with van der Waals surface area (Å²) in [7, 11) is 4.38. The van der Waals surface area contributed by atoms with Crippen molar-refractivity contribution in [2.45, 2.75) is 27.4 Å². The van der Waals surface area contributed by atoms with Crippen LogP contribution in [0.25, 0.3) is 0 Å². The van der Waals surface area contributed by atoms with E-state index >= 15 is 0 Å². The van der Waals surface area contributed by atoms with Crippen molar-refractivity contribution in [3.63, 3.8) is 0 Å². The van der Waals surface area contributed by atoms with Gasteiger partial charge in [0.05, 0.1) is 0 Å². The fraction of sp³-hybridized carbons (Fsp3) is 0.368. The van der Waals surface area contributed by atoms with E-state index in [9.17, 15) is 4.79 Å². The Bertz CT molecular complexity index is 763. The van der Waals surface area contributed by atoms with Crippen LogP contribution >= 0.6 is 0 Å². The van der Waals surface area contributed by atoms with Gasteiger partial charge in [-0.3, -0.25) is 4.79 Å². The zero-order valence-corrected chi connectivity index (χ0v) is 16.6. The number of nitrogens with one attached hydrogen (secondary N) is 1. The summed E-state index contributed by atoms with van der Waals surface area (Å²) >= 11 is 0. The van der Waals surface area contributed by atoms with Crippen LogP contribution in [0.5, 0.6) is 0 Å². The van der Waals surface area contributed by atoms with Crippen molar-refractivity contribution in [1.82, 2.24) is 5.32 Å². The number of carbonyl (C=O) groups is 1. The number of likely N-dealkylation sites (N-methyl/N-ethyl adjacent to an activating group) is 1. The minimum Gasteiger partial charge on any atom is -0.399 e. The lowest BCUT2D eigenvalue weighted by Crippen LogP contribution is -2.29. The molecule has 8 heteroatoms. The van der Waals surface area contributed by atoms with Crippen LogP contribution in [0.3, 0.4) is 0 Å². The van der Waals surface area contributed by atoms with Gasteiger partial charge in [0.25, 0.3) is 5.91 Å². The topological polar surface area (TPSA) is 93.9 Å². The Labute approximate surface area is 159 Å². The van der Waals surface area contributed by atoms with Crippen molar-refractivity contribution < 1.29 is 19.3 Å². The Balaban J connectivity index is 3.04. The summed E-state index contributed by atoms with van der Waals surface area (Å²) in [5.41, 5.74) is 3.68. The van der Waals surface area contributed by atoms with Crippen LogP contribution in [-0.4, -0.2) is 44.3 Å². The van der Waals surface area contributed by atoms with Crippen molar-refractivity contribution in [3.05, 3.63) is 47.0 Å². The molecule has 0 atom stereocenters. The molecule has 8 nitrogen and oxygen atoms in total. The first-order chi connectivity index (χ1) is 12.9. The normalized spacial score (nSPS) is 12.3. The Hall–Kier alpha value is -3.16. The van der Waals surface area contributed by atoms with E-state index < -0.39 is 0 Å². The second-order valence-electron chi connectivity index (χ2n) is 5.69. The predicted molar refractivity (Wildman–Crippen MR) is 106 cm³/mol. The number of allylic oxidation sites excluding steroid dienone is 2. The van der Waals surface area contributed by atoms with Crippen LogP contribution in [0.2, 0.25) is 0 Å². The molecule has 1 rings (SSSR count). The van der Waals surface area contributed by atoms with Gasteiger partial charge >= 0.3 is 0 Å². The summed E-state index contributed by atoms with van der Waals surface area (Å²) in [5.74, 6) is -0.359. The van der Waals surface area contributed by atoms with Gasteiger partial charge in [-0.05, 0) is 26.8 Å². The summed E-state index contributed by atoms with van der Waals surface area (Å²) in [6.45, 7) is 5.81. The number of hydrogen-bond acceptors (Lipinski definition) is 7. The monoisotopic (exact) mass is 374 g/mol. The molecule has 0 bridgehead atoms. The van der Waals surface area contributed by atoms with E-state index in [0.29, 0.717) is 17.0 Å². The van der Waals surface area contributed by atoms with Crippen LogP contribution in [0, 0.1) is 0 Å². The molecule has 0 aliphatic carbocycles. The molecule has 0 aliphatic rings. The fourth-order valence-electron chi connectivity index (χ4n) is 2.11. The van der Waals surface area contributed by atoms with Gasteiger partial charge in [-0.25, -0.2) is 0 Å². The number of amides is 1. The molecule has 146 valence electrons. The second kappa shape index (κ2) is 11.5. The molecule has 0 aliphatic heterocycles. The van der Waals surface area contributed by atoms with Gasteiger partial charge in [0.1, 0.15) is 32.2 Å². The van der Waals surface area contributed by atoms with Crippen LogP contribution < -0.4 is 5.32 Å². The number of hydrogen-bond donors (Lipinski definition) is 1. The summed E-state index contributed by atoms with van der Waals surface area (Å²) in [6.07, 6.45) is 1.84. The van der Waals surface area contributed by atoms with Gasteiger partial charge in [0, 0.05) is 18.2 Å². The maximum atomic E-state index is 12.1. The minimum absolute atomic E-state index is 0.141. The smallest absolute Gasteiger partial charge is 0.273 e. The Morgan fingerprint density at radius 3 is 2.33 bits per heavy atom. The molecule has 0 saturated heterocycles. The van der Waals surface area contributed by atoms with Crippen LogP contribution in [0.15, 0.2) is 51.4 Å². The van der Waals surface area contributed by atoms with Crippen LogP contribution in [0.4, 0.5) is 0 Å². The molecule has 0 spiro atoms. The van der Waals surface area contributed by atoms with E-state index in [2.05, 4.69) is 20.8 Å². The van der Waals surface area contributed by atoms with E-state index in [1.54, 1.807) is 19.1 Å². The molecule has 0 heterocycles. The Morgan fingerprint density at radius 2 is 1.74 bits per heavy atom. The van der Waals surface area contributed by atoms with Gasteiger partial charge < -0.3 is 19.8 Å². The molecule has 0 fully saturated rings. The zero-order valence-electron chi connectivity index (χ0n) is 16.6. The first-order valence-electron chi connectivity index (χ1n) is 8.29. The lowest BCUT2D eigenvalue weighted by molar-refractivity contribution is -0.114. The molecule has 0 aromatic heterocycles. The van der Waals surface area contributed by atoms with Gasteiger partial charge in [0.2, 0.25) is 0 Å². The third-order valence-electron chi connectivity index (χ3n) is 3.30. The first kappa shape index (κ1) is 21.9. The molecule has 0 radical (unpaired) electrons. The van der Waals surface area contributed by atoms with Crippen LogP contribution in [0.1, 0.15) is 31.9 Å². The fourth-order valence-corrected chi connectivity index (χ4v) is 2.11. The third kappa shape index (κ3) is 6.93. The lowest BCUT2D eigenvalue weighted by Gasteiger charge is -2.10. The van der Waals surface area contributed by atoms with E-state index in [4.69, 9.17) is 14.5 Å². The van der Waals surface area contributed by atoms with Crippen molar-refractivity contribution in [3.8, 4) is 0 Å². The highest BCUT2D eigenvalue weighted by Gasteiger charge is 2.17. The highest BCUT2D eigenvalue weighted by Crippen LogP contribution is 2.13. The molecule has 1 aromatic carbocycles. The summed E-state index contributed by atoms with van der Waals surface area (Å²) in [5, 5.41) is 14.4. The highest BCUT2D eigenvalue weighted by atomic mass is 16.6. The molecule has 1 amide bonds.